The van der Waals surface area contributed by atoms with Gasteiger partial charge < -0.3 is 5.11 Å². The number of rotatable bonds is 2. The van der Waals surface area contributed by atoms with Crippen LogP contribution in [0.2, 0.25) is 10.4 Å². The molecular weight excluding hydrogens is 173 g/mol. The summed E-state index contributed by atoms with van der Waals surface area (Å²) in [6, 6.07) is 0. The maximum Gasteiger partial charge on any atom is 0.133 e. The lowest BCUT2D eigenvalue weighted by molar-refractivity contribution is -0.121. The molecule has 69 valence electrons. The van der Waals surface area contributed by atoms with Crippen LogP contribution in [0.1, 0.15) is 25.7 Å². The molecule has 0 aromatic carbocycles. The van der Waals surface area contributed by atoms with Gasteiger partial charge in [0.05, 0.1) is 15.7 Å². The van der Waals surface area contributed by atoms with Gasteiger partial charge in [-0.25, -0.2) is 0 Å². The van der Waals surface area contributed by atoms with Gasteiger partial charge in [-0.3, -0.25) is 4.79 Å². The summed E-state index contributed by atoms with van der Waals surface area (Å²) in [5.41, 5.74) is 0. The first kappa shape index (κ1) is 10.3. The monoisotopic (exact) mass is 185 g/mol. The normalized spacial score (nSPS) is 47.2. The highest BCUT2D eigenvalue weighted by Gasteiger charge is 2.63. The van der Waals surface area contributed by atoms with Crippen molar-refractivity contribution in [2.24, 2.45) is 5.92 Å². The average molecular weight is 185 g/mol. The first-order valence-electron chi connectivity index (χ1n) is 5.09. The van der Waals surface area contributed by atoms with Crippen LogP contribution in [-0.2, 0) is 4.79 Å². The molecule has 3 unspecified atom stereocenters. The van der Waals surface area contributed by atoms with Crippen molar-refractivity contribution in [2.75, 3.05) is 6.61 Å². The highest BCUT2D eigenvalue weighted by atomic mass is 16.3. The fourth-order valence-electron chi connectivity index (χ4n) is 2.50. The van der Waals surface area contributed by atoms with Crippen molar-refractivity contribution in [1.29, 1.82) is 0 Å². The van der Waals surface area contributed by atoms with Gasteiger partial charge in [0.25, 0.3) is 0 Å². The van der Waals surface area contributed by atoms with E-state index in [9.17, 15) is 4.79 Å². The van der Waals surface area contributed by atoms with Gasteiger partial charge in [-0.1, -0.05) is 16.8 Å². The van der Waals surface area contributed by atoms with Gasteiger partial charge >= 0.3 is 0 Å². The van der Waals surface area contributed by atoms with Crippen LogP contribution in [0.5, 0.6) is 0 Å². The van der Waals surface area contributed by atoms with Crippen LogP contribution >= 0.6 is 0 Å². The quantitative estimate of drug-likeness (QED) is 0.615. The summed E-state index contributed by atoms with van der Waals surface area (Å²) in [5.74, 6) is 0.396. The van der Waals surface area contributed by atoms with Crippen molar-refractivity contribution >= 4 is 28.8 Å². The number of hydrogen-bond donors (Lipinski definition) is 1. The van der Waals surface area contributed by atoms with Crippen molar-refractivity contribution < 1.29 is 9.90 Å². The predicted octanol–water partition coefficient (Wildman–Crippen LogP) is 0.0252. The summed E-state index contributed by atoms with van der Waals surface area (Å²) in [7, 11) is 13.7. The van der Waals surface area contributed by atoms with Crippen molar-refractivity contribution in [3.05, 3.63) is 0 Å². The van der Waals surface area contributed by atoms with Crippen LogP contribution in [0.15, 0.2) is 0 Å². The third-order valence-corrected chi connectivity index (χ3v) is 3.64. The van der Waals surface area contributed by atoms with Crippen LogP contribution in [-0.4, -0.2) is 40.5 Å². The minimum atomic E-state index is -0.755. The third kappa shape index (κ3) is 1.37. The molecule has 0 amide bonds. The maximum atomic E-state index is 11.3. The predicted molar refractivity (Wildman–Crippen MR) is 56.7 cm³/mol. The van der Waals surface area contributed by atoms with Crippen LogP contribution in [0.3, 0.4) is 0 Å². The van der Waals surface area contributed by atoms with E-state index >= 15 is 0 Å². The molecule has 1 aliphatic heterocycles. The van der Waals surface area contributed by atoms with Gasteiger partial charge in [-0.15, -0.1) is 0 Å². The van der Waals surface area contributed by atoms with E-state index in [-0.39, 0.29) is 18.3 Å². The Morgan fingerprint density at radius 3 is 2.79 bits per heavy atom. The average Bonchev–Trinajstić information content (AvgIpc) is 2.72. The summed E-state index contributed by atoms with van der Waals surface area (Å²) in [6.45, 7) is -0.131. The molecule has 1 saturated heterocycles. The number of hydrogen-bond acceptors (Lipinski definition) is 2. The second kappa shape index (κ2) is 3.16. The van der Waals surface area contributed by atoms with Gasteiger partial charge in [0.2, 0.25) is 0 Å². The number of aliphatic hydroxyl groups excluding tert-OH is 1. The minimum Gasteiger partial charge on any atom is -0.397 e. The van der Waals surface area contributed by atoms with E-state index in [1.807, 2.05) is 0 Å². The SMILES string of the molecule is [B]C1(CO)[B]C1([B])C1CCCC(=O)C1. The first-order valence-corrected chi connectivity index (χ1v) is 5.09. The Labute approximate surface area is 87.9 Å². The van der Waals surface area contributed by atoms with Gasteiger partial charge in [0.15, 0.2) is 0 Å². The van der Waals surface area contributed by atoms with Crippen molar-refractivity contribution in [3.8, 4) is 0 Å². The number of carbonyl (C=O) groups excluding carboxylic acids is 1. The Kier molecular flexibility index (Phi) is 2.33. The molecule has 0 aromatic rings. The maximum absolute atomic E-state index is 11.3. The fourth-order valence-corrected chi connectivity index (χ4v) is 2.50. The summed E-state index contributed by atoms with van der Waals surface area (Å²) < 4.78 is 0. The standard InChI is InChI=1S/C9H12B3O2/c10-8(5-13)9(11,12-8)6-2-1-3-7(14)4-6/h6,13H,1-5H2. The lowest BCUT2D eigenvalue weighted by Crippen LogP contribution is -2.24. The molecule has 0 aromatic heterocycles. The molecule has 3 atom stereocenters. The molecule has 5 heteroatoms. The molecular formula is C9H12B3O2. The Morgan fingerprint density at radius 1 is 1.57 bits per heavy atom. The van der Waals surface area contributed by atoms with E-state index in [0.29, 0.717) is 12.8 Å². The van der Waals surface area contributed by atoms with Crippen LogP contribution in [0, 0.1) is 5.92 Å². The van der Waals surface area contributed by atoms with E-state index in [1.54, 1.807) is 7.28 Å². The van der Waals surface area contributed by atoms with E-state index in [2.05, 4.69) is 0 Å². The van der Waals surface area contributed by atoms with E-state index < -0.39 is 10.4 Å². The van der Waals surface area contributed by atoms with Gasteiger partial charge in [0.1, 0.15) is 13.1 Å². The Morgan fingerprint density at radius 2 is 2.29 bits per heavy atom. The number of ketones is 1. The molecule has 2 fully saturated rings. The zero-order chi connectivity index (χ0) is 10.4. The first-order chi connectivity index (χ1) is 6.52. The van der Waals surface area contributed by atoms with E-state index in [4.69, 9.17) is 20.8 Å². The van der Waals surface area contributed by atoms with E-state index in [1.165, 1.54) is 0 Å². The van der Waals surface area contributed by atoms with Gasteiger partial charge in [-0.2, -0.15) is 0 Å². The van der Waals surface area contributed by atoms with Crippen molar-refractivity contribution in [3.63, 3.8) is 0 Å². The molecule has 2 rings (SSSR count). The van der Waals surface area contributed by atoms with Crippen LogP contribution < -0.4 is 0 Å². The highest BCUT2D eigenvalue weighted by Crippen LogP contribution is 2.69. The summed E-state index contributed by atoms with van der Waals surface area (Å²) >= 11 is 0. The number of Topliss-reactive ketones (excluding diaryl/α,β-unsaturated/α-hetero) is 1. The zero-order valence-corrected chi connectivity index (χ0v) is 8.20. The molecule has 1 saturated carbocycles. The Bertz CT molecular complexity index is 271. The third-order valence-electron chi connectivity index (χ3n) is 3.64. The highest BCUT2D eigenvalue weighted by molar-refractivity contribution is 6.81. The lowest BCUT2D eigenvalue weighted by atomic mass is 9.57. The molecule has 5 radical (unpaired) electrons. The Balaban J connectivity index is 2.06. The summed E-state index contributed by atoms with van der Waals surface area (Å²) in [4.78, 5) is 11.3. The van der Waals surface area contributed by atoms with Gasteiger partial charge in [0, 0.05) is 19.4 Å². The molecule has 2 aliphatic rings. The molecule has 1 N–H and O–H groups in total. The van der Waals surface area contributed by atoms with Crippen molar-refractivity contribution in [2.45, 2.75) is 36.1 Å². The topological polar surface area (TPSA) is 37.3 Å². The fraction of sp³-hybridized carbons (Fsp3) is 0.889. The van der Waals surface area contributed by atoms with Crippen LogP contribution in [0.4, 0.5) is 0 Å². The molecule has 2 nitrogen and oxygen atoms in total. The second-order valence-electron chi connectivity index (χ2n) is 4.61. The molecule has 1 heterocycles. The van der Waals surface area contributed by atoms with Gasteiger partial charge in [-0.05, 0) is 12.3 Å². The molecule has 0 spiro atoms. The largest absolute Gasteiger partial charge is 0.397 e. The summed E-state index contributed by atoms with van der Waals surface area (Å²) in [5, 5.41) is 7.71. The van der Waals surface area contributed by atoms with Crippen molar-refractivity contribution in [1.82, 2.24) is 0 Å². The van der Waals surface area contributed by atoms with Crippen LogP contribution in [0.25, 0.3) is 0 Å². The lowest BCUT2D eigenvalue weighted by Gasteiger charge is -2.32. The summed E-state index contributed by atoms with van der Waals surface area (Å²) in [6.07, 6.45) is 3.03. The minimum absolute atomic E-state index is 0.126. The molecule has 1 aliphatic carbocycles. The Hall–Kier alpha value is -0.175. The second-order valence-corrected chi connectivity index (χ2v) is 4.61. The molecule has 14 heavy (non-hydrogen) atoms. The number of aliphatic hydroxyl groups is 1. The smallest absolute Gasteiger partial charge is 0.133 e. The number of carbonyl (C=O) groups is 1. The van der Waals surface area contributed by atoms with E-state index in [0.717, 1.165) is 12.8 Å². The zero-order valence-electron chi connectivity index (χ0n) is 8.20. The molecule has 0 bridgehead atoms.